The maximum absolute atomic E-state index is 13.4. The van der Waals surface area contributed by atoms with E-state index in [0.717, 1.165) is 0 Å². The average molecular weight is 411 g/mol. The maximum atomic E-state index is 13.4. The standard InChI is InChI=1S/C21H34O4SSi/c1-16-12-11-15-21(22,26(23,24)18-13-9-8-10-14-18)17(2)19(16)25-27(6,7)20(3,4)5/h8-14,16-17,19,22H,15H2,1-7H3/t16-,17-,19+,21-/m0/s1. The highest BCUT2D eigenvalue weighted by Crippen LogP contribution is 2.44. The third kappa shape index (κ3) is 4.09. The lowest BCUT2D eigenvalue weighted by Crippen LogP contribution is -2.54. The zero-order valence-corrected chi connectivity index (χ0v) is 19.4. The largest absolute Gasteiger partial charge is 0.413 e. The van der Waals surface area contributed by atoms with Gasteiger partial charge in [-0.1, -0.05) is 65.0 Å². The normalized spacial score (nSPS) is 30.1. The van der Waals surface area contributed by atoms with Crippen LogP contribution in [0.1, 0.15) is 41.0 Å². The van der Waals surface area contributed by atoms with E-state index in [4.69, 9.17) is 4.43 Å². The summed E-state index contributed by atoms with van der Waals surface area (Å²) in [5.74, 6) is -0.545. The molecular weight excluding hydrogens is 376 g/mol. The summed E-state index contributed by atoms with van der Waals surface area (Å²) >= 11 is 0. The SMILES string of the molecule is C[C@H]1C=CC[C@](O)(S(=O)(=O)c2ccccc2)[C@@H](C)[C@@H]1O[Si](C)(C)C(C)(C)C. The molecule has 1 aliphatic rings. The monoisotopic (exact) mass is 410 g/mol. The predicted molar refractivity (Wildman–Crippen MR) is 113 cm³/mol. The topological polar surface area (TPSA) is 63.6 Å². The van der Waals surface area contributed by atoms with Gasteiger partial charge >= 0.3 is 0 Å². The fourth-order valence-electron chi connectivity index (χ4n) is 3.34. The van der Waals surface area contributed by atoms with Crippen LogP contribution in [0.3, 0.4) is 0 Å². The van der Waals surface area contributed by atoms with Crippen LogP contribution in [-0.4, -0.2) is 32.9 Å². The summed E-state index contributed by atoms with van der Waals surface area (Å²) in [6.45, 7) is 14.6. The molecule has 0 spiro atoms. The van der Waals surface area contributed by atoms with E-state index in [1.54, 1.807) is 36.4 Å². The average Bonchev–Trinajstić information content (AvgIpc) is 2.67. The highest BCUT2D eigenvalue weighted by atomic mass is 32.2. The van der Waals surface area contributed by atoms with E-state index < -0.39 is 29.0 Å². The Morgan fingerprint density at radius 2 is 1.70 bits per heavy atom. The van der Waals surface area contributed by atoms with Crippen molar-refractivity contribution in [1.29, 1.82) is 0 Å². The Morgan fingerprint density at radius 1 is 1.15 bits per heavy atom. The zero-order chi connectivity index (χ0) is 20.7. The van der Waals surface area contributed by atoms with Crippen LogP contribution in [0.25, 0.3) is 0 Å². The Morgan fingerprint density at radius 3 is 2.22 bits per heavy atom. The van der Waals surface area contributed by atoms with E-state index in [-0.39, 0.29) is 28.4 Å². The first-order chi connectivity index (χ1) is 12.2. The fourth-order valence-corrected chi connectivity index (χ4v) is 6.66. The minimum Gasteiger partial charge on any atom is -0.413 e. The Balaban J connectivity index is 2.49. The maximum Gasteiger partial charge on any atom is 0.208 e. The molecule has 152 valence electrons. The molecule has 1 aromatic carbocycles. The molecular formula is C21H34O4SSi. The molecule has 0 aliphatic heterocycles. The van der Waals surface area contributed by atoms with Gasteiger partial charge in [0.1, 0.15) is 0 Å². The molecule has 1 aliphatic carbocycles. The number of hydrogen-bond donors (Lipinski definition) is 1. The molecule has 4 nitrogen and oxygen atoms in total. The number of sulfone groups is 1. The van der Waals surface area contributed by atoms with Gasteiger partial charge in [0.05, 0.1) is 11.0 Å². The number of hydrogen-bond acceptors (Lipinski definition) is 4. The quantitative estimate of drug-likeness (QED) is 0.573. The smallest absolute Gasteiger partial charge is 0.208 e. The van der Waals surface area contributed by atoms with Crippen LogP contribution in [0.5, 0.6) is 0 Å². The van der Waals surface area contributed by atoms with Gasteiger partial charge in [0.25, 0.3) is 0 Å². The molecule has 0 bridgehead atoms. The molecule has 0 aromatic heterocycles. The van der Waals surface area contributed by atoms with Crippen LogP contribution >= 0.6 is 0 Å². The minimum atomic E-state index is -3.94. The molecule has 0 saturated heterocycles. The molecule has 0 fully saturated rings. The minimum absolute atomic E-state index is 0.00111. The molecule has 0 saturated carbocycles. The zero-order valence-electron chi connectivity index (χ0n) is 17.6. The van der Waals surface area contributed by atoms with Gasteiger partial charge in [-0.25, -0.2) is 8.42 Å². The van der Waals surface area contributed by atoms with Crippen molar-refractivity contribution in [3.8, 4) is 0 Å². The molecule has 0 amide bonds. The van der Waals surface area contributed by atoms with Crippen molar-refractivity contribution in [2.75, 3.05) is 0 Å². The predicted octanol–water partition coefficient (Wildman–Crippen LogP) is 4.77. The van der Waals surface area contributed by atoms with Crippen LogP contribution in [0.4, 0.5) is 0 Å². The van der Waals surface area contributed by atoms with Crippen molar-refractivity contribution in [3.63, 3.8) is 0 Å². The van der Waals surface area contributed by atoms with Crippen molar-refractivity contribution in [2.45, 2.75) is 75.1 Å². The van der Waals surface area contributed by atoms with Gasteiger partial charge in [-0.2, -0.15) is 0 Å². The van der Waals surface area contributed by atoms with Crippen LogP contribution in [-0.2, 0) is 14.3 Å². The van der Waals surface area contributed by atoms with Crippen molar-refractivity contribution in [2.24, 2.45) is 11.8 Å². The van der Waals surface area contributed by atoms with Gasteiger partial charge < -0.3 is 9.53 Å². The third-order valence-corrected chi connectivity index (χ3v) is 13.2. The lowest BCUT2D eigenvalue weighted by atomic mass is 9.90. The summed E-state index contributed by atoms with van der Waals surface area (Å²) in [7, 11) is -6.08. The first-order valence-electron chi connectivity index (χ1n) is 9.60. The van der Waals surface area contributed by atoms with E-state index in [1.807, 2.05) is 19.9 Å². The summed E-state index contributed by atoms with van der Waals surface area (Å²) in [6, 6.07) is 8.22. The second-order valence-corrected chi connectivity index (χ2v) is 16.2. The van der Waals surface area contributed by atoms with Crippen molar-refractivity contribution >= 4 is 18.2 Å². The van der Waals surface area contributed by atoms with Gasteiger partial charge in [0.2, 0.25) is 9.84 Å². The lowest BCUT2D eigenvalue weighted by Gasteiger charge is -2.45. The molecule has 2 rings (SSSR count). The van der Waals surface area contributed by atoms with Gasteiger partial charge in [0.15, 0.2) is 13.3 Å². The van der Waals surface area contributed by atoms with Crippen molar-refractivity contribution in [3.05, 3.63) is 42.5 Å². The van der Waals surface area contributed by atoms with E-state index >= 15 is 0 Å². The first-order valence-corrected chi connectivity index (χ1v) is 14.0. The highest BCUT2D eigenvalue weighted by Gasteiger charge is 2.53. The number of aliphatic hydroxyl groups is 1. The van der Waals surface area contributed by atoms with Gasteiger partial charge in [-0.15, -0.1) is 0 Å². The summed E-state index contributed by atoms with van der Waals surface area (Å²) in [5, 5.41) is 11.5. The van der Waals surface area contributed by atoms with Crippen LogP contribution in [0.15, 0.2) is 47.4 Å². The highest BCUT2D eigenvalue weighted by molar-refractivity contribution is 7.92. The van der Waals surface area contributed by atoms with Gasteiger partial charge in [-0.05, 0) is 36.2 Å². The summed E-state index contributed by atoms with van der Waals surface area (Å²) in [5.41, 5.74) is 0. The van der Waals surface area contributed by atoms with Crippen LogP contribution < -0.4 is 0 Å². The summed E-state index contributed by atoms with van der Waals surface area (Å²) in [6.07, 6.45) is 3.46. The molecule has 0 heterocycles. The first kappa shape index (κ1) is 22.3. The van der Waals surface area contributed by atoms with Crippen molar-refractivity contribution < 1.29 is 18.0 Å². The molecule has 4 atom stereocenters. The second kappa shape index (κ2) is 7.47. The molecule has 1 aromatic rings. The van der Waals surface area contributed by atoms with E-state index in [9.17, 15) is 13.5 Å². The van der Waals surface area contributed by atoms with Gasteiger partial charge in [0, 0.05) is 12.3 Å². The van der Waals surface area contributed by atoms with E-state index in [0.29, 0.717) is 0 Å². The Kier molecular flexibility index (Phi) is 6.18. The second-order valence-electron chi connectivity index (χ2n) is 9.28. The third-order valence-electron chi connectivity index (χ3n) is 6.33. The molecule has 27 heavy (non-hydrogen) atoms. The van der Waals surface area contributed by atoms with Crippen LogP contribution in [0.2, 0.25) is 18.1 Å². The lowest BCUT2D eigenvalue weighted by molar-refractivity contribution is -0.00930. The molecule has 0 unspecified atom stereocenters. The van der Waals surface area contributed by atoms with Gasteiger partial charge in [-0.3, -0.25) is 0 Å². The summed E-state index contributed by atoms with van der Waals surface area (Å²) in [4.78, 5) is -1.75. The Hall–Kier alpha value is -0.953. The molecule has 0 radical (unpaired) electrons. The number of rotatable bonds is 4. The summed E-state index contributed by atoms with van der Waals surface area (Å²) < 4.78 is 33.4. The Labute approximate surface area is 165 Å². The fraction of sp³-hybridized carbons (Fsp3) is 0.619. The van der Waals surface area contributed by atoms with Crippen molar-refractivity contribution in [1.82, 2.24) is 0 Å². The van der Waals surface area contributed by atoms with E-state index in [2.05, 4.69) is 33.9 Å². The van der Waals surface area contributed by atoms with E-state index in [1.165, 1.54) is 0 Å². The molecule has 6 heteroatoms. The number of benzene rings is 1. The Bertz CT molecular complexity index is 780. The molecule has 1 N–H and O–H groups in total. The van der Waals surface area contributed by atoms with Crippen LogP contribution in [0, 0.1) is 11.8 Å².